The Bertz CT molecular complexity index is 2090. The molecule has 0 radical (unpaired) electrons. The molecule has 0 N–H and O–H groups in total. The van der Waals surface area contributed by atoms with Crippen molar-refractivity contribution in [1.29, 1.82) is 0 Å². The van der Waals surface area contributed by atoms with Crippen LogP contribution in [0, 0.1) is 0 Å². The van der Waals surface area contributed by atoms with Crippen molar-refractivity contribution in [1.82, 2.24) is 0 Å². The van der Waals surface area contributed by atoms with E-state index in [1.807, 2.05) is 11.3 Å². The lowest BCUT2D eigenvalue weighted by molar-refractivity contribution is 0.00578. The highest BCUT2D eigenvalue weighted by Gasteiger charge is 2.52. The molecule has 6 aromatic carbocycles. The van der Waals surface area contributed by atoms with E-state index in [1.165, 1.54) is 42.4 Å². The van der Waals surface area contributed by atoms with Crippen molar-refractivity contribution in [3.63, 3.8) is 0 Å². The molecule has 0 spiro atoms. The van der Waals surface area contributed by atoms with Crippen LogP contribution in [0.15, 0.2) is 146 Å². The Balaban J connectivity index is 1.23. The number of hydrogen-bond donors (Lipinski definition) is 0. The van der Waals surface area contributed by atoms with E-state index in [2.05, 4.69) is 178 Å². The molecule has 1 aliphatic heterocycles. The van der Waals surface area contributed by atoms with Gasteiger partial charge in [0.05, 0.1) is 11.2 Å². The maximum atomic E-state index is 6.49. The molecule has 0 unspecified atom stereocenters. The molecular weight excluding hydrogens is 593 g/mol. The van der Waals surface area contributed by atoms with E-state index < -0.39 is 18.3 Å². The molecule has 0 aliphatic carbocycles. The van der Waals surface area contributed by atoms with Crippen LogP contribution in [-0.2, 0) is 9.31 Å². The summed E-state index contributed by atoms with van der Waals surface area (Å²) in [6, 6.07) is 52.1. The van der Waals surface area contributed by atoms with Gasteiger partial charge in [-0.05, 0) is 92.4 Å². The predicted octanol–water partition coefficient (Wildman–Crippen LogP) is 11.2. The lowest BCUT2D eigenvalue weighted by Gasteiger charge is -2.32. The molecule has 0 atom stereocenters. The van der Waals surface area contributed by atoms with Gasteiger partial charge in [-0.2, -0.15) is 0 Å². The smallest absolute Gasteiger partial charge is 0.399 e. The SMILES string of the molecule is CC1(C)OB(c2cccc3c2sc2ccc(N(c4ccc(-c5ccccc5)cc4)c4ccc(-c5ccccc5)cc4)cc23)OC1(C)C. The Labute approximate surface area is 281 Å². The fraction of sp³-hybridized carbons (Fsp3) is 0.143. The molecule has 0 bridgehead atoms. The number of benzene rings is 6. The van der Waals surface area contributed by atoms with Crippen molar-refractivity contribution in [2.75, 3.05) is 4.90 Å². The van der Waals surface area contributed by atoms with Crippen LogP contribution < -0.4 is 10.4 Å². The van der Waals surface area contributed by atoms with E-state index in [4.69, 9.17) is 9.31 Å². The van der Waals surface area contributed by atoms with Gasteiger partial charge in [0, 0.05) is 42.7 Å². The maximum Gasteiger partial charge on any atom is 0.496 e. The van der Waals surface area contributed by atoms with Crippen LogP contribution in [0.2, 0.25) is 0 Å². The molecule has 0 amide bonds. The molecule has 47 heavy (non-hydrogen) atoms. The summed E-state index contributed by atoms with van der Waals surface area (Å²) in [4.78, 5) is 2.35. The highest BCUT2D eigenvalue weighted by atomic mass is 32.1. The van der Waals surface area contributed by atoms with Gasteiger partial charge in [-0.25, -0.2) is 0 Å². The lowest BCUT2D eigenvalue weighted by atomic mass is 9.78. The highest BCUT2D eigenvalue weighted by Crippen LogP contribution is 2.42. The molecule has 5 heteroatoms. The van der Waals surface area contributed by atoms with Gasteiger partial charge in [-0.15, -0.1) is 11.3 Å². The summed E-state index contributed by atoms with van der Waals surface area (Å²) in [6.07, 6.45) is 0. The monoisotopic (exact) mass is 629 g/mol. The Kier molecular flexibility index (Phi) is 7.29. The predicted molar refractivity (Wildman–Crippen MR) is 201 cm³/mol. The van der Waals surface area contributed by atoms with Gasteiger partial charge >= 0.3 is 7.12 Å². The van der Waals surface area contributed by atoms with Crippen LogP contribution in [0.1, 0.15) is 27.7 Å². The molecule has 230 valence electrons. The number of rotatable bonds is 6. The summed E-state index contributed by atoms with van der Waals surface area (Å²) >= 11 is 1.81. The second-order valence-corrected chi connectivity index (χ2v) is 14.3. The third-order valence-corrected chi connectivity index (χ3v) is 11.0. The second kappa shape index (κ2) is 11.5. The number of hydrogen-bond acceptors (Lipinski definition) is 4. The van der Waals surface area contributed by atoms with Gasteiger partial charge in [-0.1, -0.05) is 103 Å². The number of fused-ring (bicyclic) bond motifs is 3. The van der Waals surface area contributed by atoms with Crippen molar-refractivity contribution in [2.45, 2.75) is 38.9 Å². The normalized spacial score (nSPS) is 15.4. The third kappa shape index (κ3) is 5.35. The van der Waals surface area contributed by atoms with Crippen molar-refractivity contribution >= 4 is 61.2 Å². The van der Waals surface area contributed by atoms with Crippen LogP contribution in [0.5, 0.6) is 0 Å². The highest BCUT2D eigenvalue weighted by molar-refractivity contribution is 7.27. The Morgan fingerprint density at radius 3 is 1.51 bits per heavy atom. The number of anilines is 3. The maximum absolute atomic E-state index is 6.49. The average molecular weight is 630 g/mol. The average Bonchev–Trinajstić information content (AvgIpc) is 3.58. The van der Waals surface area contributed by atoms with Gasteiger partial charge in [0.1, 0.15) is 0 Å². The van der Waals surface area contributed by atoms with Crippen LogP contribution in [-0.4, -0.2) is 18.3 Å². The quantitative estimate of drug-likeness (QED) is 0.171. The fourth-order valence-corrected chi connectivity index (χ4v) is 7.62. The van der Waals surface area contributed by atoms with E-state index in [0.29, 0.717) is 0 Å². The van der Waals surface area contributed by atoms with Gasteiger partial charge in [0.2, 0.25) is 0 Å². The minimum atomic E-state index is -0.404. The van der Waals surface area contributed by atoms with Crippen LogP contribution in [0.3, 0.4) is 0 Å². The molecule has 0 saturated carbocycles. The zero-order chi connectivity index (χ0) is 32.2. The summed E-state index contributed by atoms with van der Waals surface area (Å²) in [5.74, 6) is 0. The van der Waals surface area contributed by atoms with Gasteiger partial charge in [0.25, 0.3) is 0 Å². The van der Waals surface area contributed by atoms with Crippen LogP contribution >= 0.6 is 11.3 Å². The minimum Gasteiger partial charge on any atom is -0.399 e. The van der Waals surface area contributed by atoms with E-state index in [1.54, 1.807) is 0 Å². The van der Waals surface area contributed by atoms with Crippen molar-refractivity contribution < 1.29 is 9.31 Å². The Morgan fingerprint density at radius 1 is 0.489 bits per heavy atom. The summed E-state index contributed by atoms with van der Waals surface area (Å²) < 4.78 is 15.4. The zero-order valence-corrected chi connectivity index (χ0v) is 27.9. The third-order valence-electron chi connectivity index (χ3n) is 9.74. The van der Waals surface area contributed by atoms with Gasteiger partial charge in [-0.3, -0.25) is 0 Å². The van der Waals surface area contributed by atoms with Crippen LogP contribution in [0.25, 0.3) is 42.4 Å². The molecule has 1 saturated heterocycles. The topological polar surface area (TPSA) is 21.7 Å². The molecule has 1 aliphatic rings. The second-order valence-electron chi connectivity index (χ2n) is 13.3. The first-order valence-corrected chi connectivity index (χ1v) is 17.0. The molecular formula is C42H36BNO2S. The summed E-state index contributed by atoms with van der Waals surface area (Å²) in [5, 5.41) is 2.45. The van der Waals surface area contributed by atoms with Crippen LogP contribution in [0.4, 0.5) is 17.1 Å². The number of thiophene rings is 1. The molecule has 8 rings (SSSR count). The standard InChI is InChI=1S/C42H36BNO2S/c1-41(2)42(3,4)46-43(45-41)38-17-11-16-36-37-28-35(26-27-39(37)47-40(36)38)44(33-22-18-31(19-23-33)29-12-7-5-8-13-29)34-24-20-32(21-25-34)30-14-9-6-10-15-30/h5-28H,1-4H3. The largest absolute Gasteiger partial charge is 0.496 e. The first-order chi connectivity index (χ1) is 22.8. The fourth-order valence-electron chi connectivity index (χ4n) is 6.42. The molecule has 1 fully saturated rings. The van der Waals surface area contributed by atoms with Crippen molar-refractivity contribution in [2.24, 2.45) is 0 Å². The van der Waals surface area contributed by atoms with E-state index >= 15 is 0 Å². The molecule has 2 heterocycles. The summed E-state index contributed by atoms with van der Waals surface area (Å²) in [6.45, 7) is 8.44. The molecule has 7 aromatic rings. The van der Waals surface area contributed by atoms with Crippen molar-refractivity contribution in [3.8, 4) is 22.3 Å². The van der Waals surface area contributed by atoms with E-state index in [9.17, 15) is 0 Å². The zero-order valence-electron chi connectivity index (χ0n) is 27.1. The summed E-state index contributed by atoms with van der Waals surface area (Å²) in [7, 11) is -0.404. The van der Waals surface area contributed by atoms with E-state index in [0.717, 1.165) is 22.5 Å². The van der Waals surface area contributed by atoms with E-state index in [-0.39, 0.29) is 0 Å². The molecule has 1 aromatic heterocycles. The number of nitrogens with zero attached hydrogens (tertiary/aromatic N) is 1. The first-order valence-electron chi connectivity index (χ1n) is 16.2. The Hall–Kier alpha value is -4.68. The Morgan fingerprint density at radius 2 is 0.979 bits per heavy atom. The van der Waals surface area contributed by atoms with Crippen molar-refractivity contribution in [3.05, 3.63) is 146 Å². The summed E-state index contributed by atoms with van der Waals surface area (Å²) in [5.41, 5.74) is 8.44. The van der Waals surface area contributed by atoms with Gasteiger partial charge < -0.3 is 14.2 Å². The minimum absolute atomic E-state index is 0.393. The lowest BCUT2D eigenvalue weighted by Crippen LogP contribution is -2.41. The molecule has 3 nitrogen and oxygen atoms in total. The van der Waals surface area contributed by atoms with Gasteiger partial charge in [0.15, 0.2) is 0 Å². The first kappa shape index (κ1) is 29.7.